The van der Waals surface area contributed by atoms with Gasteiger partial charge in [-0.2, -0.15) is 13.2 Å². The van der Waals surface area contributed by atoms with Crippen molar-refractivity contribution in [1.82, 2.24) is 10.1 Å². The number of hydrogen-bond donors (Lipinski definition) is 0. The van der Waals surface area contributed by atoms with Gasteiger partial charge in [0, 0.05) is 31.6 Å². The van der Waals surface area contributed by atoms with Gasteiger partial charge in [-0.15, -0.1) is 0 Å². The Morgan fingerprint density at radius 1 is 1.18 bits per heavy atom. The minimum atomic E-state index is -4.68. The molecule has 2 aliphatic heterocycles. The van der Waals surface area contributed by atoms with Gasteiger partial charge in [0.2, 0.25) is 11.7 Å². The van der Waals surface area contributed by atoms with Gasteiger partial charge in [-0.05, 0) is 36.5 Å². The van der Waals surface area contributed by atoms with E-state index in [1.807, 2.05) is 6.92 Å². The number of nitrogens with zero attached hydrogens (tertiary/aromatic N) is 3. The Labute approximate surface area is 194 Å². The van der Waals surface area contributed by atoms with Crippen LogP contribution in [0, 0.1) is 11.7 Å². The fraction of sp³-hybridized carbons (Fsp3) is 0.545. The van der Waals surface area contributed by atoms with Crippen molar-refractivity contribution in [3.63, 3.8) is 0 Å². The summed E-state index contributed by atoms with van der Waals surface area (Å²) >= 11 is 0. The first-order valence-corrected chi connectivity index (χ1v) is 12.9. The zero-order valence-electron chi connectivity index (χ0n) is 18.5. The van der Waals surface area contributed by atoms with Crippen molar-refractivity contribution in [1.29, 1.82) is 0 Å². The van der Waals surface area contributed by atoms with E-state index in [-0.39, 0.29) is 55.7 Å². The van der Waals surface area contributed by atoms with Crippen LogP contribution in [-0.4, -0.2) is 55.5 Å². The average molecular weight is 504 g/mol. The molecular formula is C22H25F4N3O4S. The third kappa shape index (κ3) is 5.06. The largest absolute Gasteiger partial charge is 0.452 e. The van der Waals surface area contributed by atoms with Crippen LogP contribution < -0.4 is 4.90 Å². The zero-order valence-corrected chi connectivity index (χ0v) is 19.3. The van der Waals surface area contributed by atoms with Crippen LogP contribution in [0.5, 0.6) is 0 Å². The number of rotatable bonds is 4. The second-order valence-electron chi connectivity index (χ2n) is 8.67. The van der Waals surface area contributed by atoms with E-state index >= 15 is 0 Å². The van der Waals surface area contributed by atoms with Crippen molar-refractivity contribution in [2.24, 2.45) is 5.92 Å². The fourth-order valence-electron chi connectivity index (χ4n) is 4.52. The highest BCUT2D eigenvalue weighted by Gasteiger charge is 2.40. The van der Waals surface area contributed by atoms with Crippen molar-refractivity contribution in [3.05, 3.63) is 47.0 Å². The molecule has 1 amide bonds. The Bertz CT molecular complexity index is 1150. The highest BCUT2D eigenvalue weighted by atomic mass is 32.2. The second kappa shape index (κ2) is 9.20. The number of amides is 1. The first kappa shape index (κ1) is 24.5. The quantitative estimate of drug-likeness (QED) is 0.593. The minimum absolute atomic E-state index is 0.0150. The number of hydrogen-bond acceptors (Lipinski definition) is 6. The number of piperazine rings is 1. The van der Waals surface area contributed by atoms with E-state index in [4.69, 9.17) is 0 Å². The van der Waals surface area contributed by atoms with Crippen molar-refractivity contribution in [2.75, 3.05) is 36.0 Å². The number of anilines is 1. The second-order valence-corrected chi connectivity index (χ2v) is 11.0. The van der Waals surface area contributed by atoms with Crippen molar-refractivity contribution >= 4 is 21.6 Å². The molecule has 1 atom stereocenters. The van der Waals surface area contributed by atoms with Crippen LogP contribution in [0.3, 0.4) is 0 Å². The highest BCUT2D eigenvalue weighted by molar-refractivity contribution is 7.91. The van der Waals surface area contributed by atoms with Gasteiger partial charge >= 0.3 is 6.18 Å². The summed E-state index contributed by atoms with van der Waals surface area (Å²) in [6, 6.07) is 4.86. The first-order valence-electron chi connectivity index (χ1n) is 11.1. The molecule has 1 aromatic heterocycles. The molecule has 1 unspecified atom stereocenters. The molecule has 0 saturated carbocycles. The average Bonchev–Trinajstić information content (AvgIpc) is 3.29. The maximum atomic E-state index is 14.6. The van der Waals surface area contributed by atoms with Gasteiger partial charge in [-0.1, -0.05) is 24.2 Å². The monoisotopic (exact) mass is 503 g/mol. The molecule has 0 N–H and O–H groups in total. The number of aryl methyl sites for hydroxylation is 1. The SMILES string of the molecule is CCc1ccc(C2CN(c3cc(C(F)(F)F)on3)CCN2C(=O)C2CCS(=O)(=O)CC2)cc1F. The van der Waals surface area contributed by atoms with Crippen LogP contribution in [0.2, 0.25) is 0 Å². The lowest BCUT2D eigenvalue weighted by molar-refractivity contribution is -0.155. The van der Waals surface area contributed by atoms with Gasteiger partial charge in [-0.3, -0.25) is 4.79 Å². The van der Waals surface area contributed by atoms with Crippen molar-refractivity contribution in [2.45, 2.75) is 38.4 Å². The fourth-order valence-corrected chi connectivity index (χ4v) is 6.01. The standard InChI is InChI=1S/C22H25F4N3O4S/c1-2-14-3-4-16(11-17(14)23)18-13-28(20-12-19(33-27-20)22(24,25)26)7-8-29(18)21(30)15-5-9-34(31,32)10-6-15/h3-4,11-12,15,18H,2,5-10,13H2,1H3. The summed E-state index contributed by atoms with van der Waals surface area (Å²) in [5, 5.41) is 3.54. The number of aromatic nitrogens is 1. The Hall–Kier alpha value is -2.63. The van der Waals surface area contributed by atoms with Crippen LogP contribution >= 0.6 is 0 Å². The predicted octanol–water partition coefficient (Wildman–Crippen LogP) is 3.61. The zero-order chi connectivity index (χ0) is 24.7. The van der Waals surface area contributed by atoms with E-state index in [0.29, 0.717) is 17.5 Å². The summed E-state index contributed by atoms with van der Waals surface area (Å²) < 4.78 is 81.5. The maximum absolute atomic E-state index is 14.6. The molecule has 2 aromatic rings. The van der Waals surface area contributed by atoms with Gasteiger partial charge in [0.1, 0.15) is 15.7 Å². The van der Waals surface area contributed by atoms with Gasteiger partial charge in [0.05, 0.1) is 17.5 Å². The molecule has 3 heterocycles. The van der Waals surface area contributed by atoms with E-state index < -0.39 is 39.6 Å². The maximum Gasteiger partial charge on any atom is 0.452 e. The first-order chi connectivity index (χ1) is 16.0. The molecule has 7 nitrogen and oxygen atoms in total. The third-order valence-electron chi connectivity index (χ3n) is 6.51. The number of halogens is 4. The van der Waals surface area contributed by atoms with Crippen molar-refractivity contribution < 1.29 is 35.3 Å². The number of carbonyl (C=O) groups is 1. The number of carbonyl (C=O) groups excluding carboxylic acids is 1. The molecule has 0 bridgehead atoms. The Morgan fingerprint density at radius 2 is 1.88 bits per heavy atom. The molecule has 1 aromatic carbocycles. The van der Waals surface area contributed by atoms with E-state index in [2.05, 4.69) is 9.68 Å². The molecule has 34 heavy (non-hydrogen) atoms. The minimum Gasteiger partial charge on any atom is -0.350 e. The Balaban J connectivity index is 1.62. The summed E-state index contributed by atoms with van der Waals surface area (Å²) in [5.74, 6) is -2.48. The summed E-state index contributed by atoms with van der Waals surface area (Å²) in [4.78, 5) is 16.5. The molecule has 2 saturated heterocycles. The van der Waals surface area contributed by atoms with Gasteiger partial charge in [0.15, 0.2) is 5.82 Å². The summed E-state index contributed by atoms with van der Waals surface area (Å²) in [7, 11) is -3.15. The molecule has 12 heteroatoms. The van der Waals surface area contributed by atoms with Gasteiger partial charge in [0.25, 0.3) is 0 Å². The lowest BCUT2D eigenvalue weighted by Crippen LogP contribution is -2.53. The predicted molar refractivity (Wildman–Crippen MR) is 115 cm³/mol. The van der Waals surface area contributed by atoms with Crippen LogP contribution in [0.15, 0.2) is 28.8 Å². The third-order valence-corrected chi connectivity index (χ3v) is 8.23. The van der Waals surface area contributed by atoms with E-state index in [1.54, 1.807) is 21.9 Å². The number of sulfone groups is 1. The lowest BCUT2D eigenvalue weighted by Gasteiger charge is -2.43. The number of alkyl halides is 3. The van der Waals surface area contributed by atoms with Gasteiger partial charge in [-0.25, -0.2) is 12.8 Å². The van der Waals surface area contributed by atoms with Gasteiger partial charge < -0.3 is 14.3 Å². The van der Waals surface area contributed by atoms with Crippen LogP contribution in [0.4, 0.5) is 23.4 Å². The Kier molecular flexibility index (Phi) is 6.63. The van der Waals surface area contributed by atoms with Crippen LogP contribution in [0.25, 0.3) is 0 Å². The molecule has 0 radical (unpaired) electrons. The number of benzene rings is 1. The topological polar surface area (TPSA) is 83.7 Å². The molecule has 186 valence electrons. The van der Waals surface area contributed by atoms with E-state index in [0.717, 1.165) is 6.07 Å². The smallest absolute Gasteiger partial charge is 0.350 e. The van der Waals surface area contributed by atoms with Crippen LogP contribution in [0.1, 0.15) is 42.7 Å². The van der Waals surface area contributed by atoms with E-state index in [9.17, 15) is 30.8 Å². The normalized spacial score (nSPS) is 21.6. The summed E-state index contributed by atoms with van der Waals surface area (Å²) in [6.07, 6.45) is -3.75. The molecule has 2 fully saturated rings. The summed E-state index contributed by atoms with van der Waals surface area (Å²) in [5.41, 5.74) is 1.02. The van der Waals surface area contributed by atoms with E-state index in [1.165, 1.54) is 6.07 Å². The van der Waals surface area contributed by atoms with Crippen molar-refractivity contribution in [3.8, 4) is 0 Å². The highest BCUT2D eigenvalue weighted by Crippen LogP contribution is 2.35. The molecule has 0 spiro atoms. The molecule has 4 rings (SSSR count). The Morgan fingerprint density at radius 3 is 2.47 bits per heavy atom. The van der Waals surface area contributed by atoms with Crippen LogP contribution in [-0.2, 0) is 27.2 Å². The summed E-state index contributed by atoms with van der Waals surface area (Å²) in [6.45, 7) is 2.27. The molecular weight excluding hydrogens is 478 g/mol. The molecule has 0 aliphatic carbocycles. The molecule has 2 aliphatic rings. The lowest BCUT2D eigenvalue weighted by atomic mass is 9.95.